The largest absolute Gasteiger partial charge is 0.309 e. The molecular weight excluding hydrogens is 274 g/mol. The van der Waals surface area contributed by atoms with Crippen LogP contribution in [0.2, 0.25) is 0 Å². The van der Waals surface area contributed by atoms with E-state index >= 15 is 0 Å². The molecule has 2 heteroatoms. The Bertz CT molecular complexity index is 550. The van der Waals surface area contributed by atoms with E-state index in [2.05, 4.69) is 61.6 Å². The highest BCUT2D eigenvalue weighted by Gasteiger charge is 2.23. The predicted octanol–water partition coefficient (Wildman–Crippen LogP) is 5.33. The molecule has 2 unspecified atom stereocenters. The second-order valence-corrected chi connectivity index (χ2v) is 7.80. The second kappa shape index (κ2) is 6.76. The SMILES string of the molecule is CC1CC(C)CC(NCc2ccc(-c3ccccc3)s2)C1. The van der Waals surface area contributed by atoms with Crippen LogP contribution in [-0.4, -0.2) is 6.04 Å². The molecule has 1 heterocycles. The van der Waals surface area contributed by atoms with Gasteiger partial charge in [0, 0.05) is 22.3 Å². The molecule has 0 amide bonds. The number of thiophene rings is 1. The summed E-state index contributed by atoms with van der Waals surface area (Å²) in [5.74, 6) is 1.74. The maximum atomic E-state index is 3.77. The van der Waals surface area contributed by atoms with Crippen molar-refractivity contribution in [3.63, 3.8) is 0 Å². The third-order valence-electron chi connectivity index (χ3n) is 4.46. The van der Waals surface area contributed by atoms with E-state index in [1.807, 2.05) is 11.3 Å². The minimum atomic E-state index is 0.700. The molecule has 0 saturated heterocycles. The number of nitrogens with one attached hydrogen (secondary N) is 1. The predicted molar refractivity (Wildman–Crippen MR) is 92.6 cm³/mol. The van der Waals surface area contributed by atoms with Gasteiger partial charge < -0.3 is 5.32 Å². The van der Waals surface area contributed by atoms with Crippen molar-refractivity contribution >= 4 is 11.3 Å². The molecule has 1 nitrogen and oxygen atoms in total. The first kappa shape index (κ1) is 14.8. The number of hydrogen-bond donors (Lipinski definition) is 1. The summed E-state index contributed by atoms with van der Waals surface area (Å²) in [6.45, 7) is 5.80. The van der Waals surface area contributed by atoms with Gasteiger partial charge in [-0.3, -0.25) is 0 Å². The van der Waals surface area contributed by atoms with E-state index in [0.717, 1.165) is 18.4 Å². The minimum absolute atomic E-state index is 0.700. The molecule has 1 N–H and O–H groups in total. The lowest BCUT2D eigenvalue weighted by Gasteiger charge is -2.32. The maximum absolute atomic E-state index is 3.77. The first-order valence-electron chi connectivity index (χ1n) is 8.08. The van der Waals surface area contributed by atoms with Crippen LogP contribution in [0.15, 0.2) is 42.5 Å². The molecule has 1 aliphatic rings. The summed E-state index contributed by atoms with van der Waals surface area (Å²) in [4.78, 5) is 2.82. The Hall–Kier alpha value is -1.12. The van der Waals surface area contributed by atoms with Crippen molar-refractivity contribution in [1.82, 2.24) is 5.32 Å². The van der Waals surface area contributed by atoms with E-state index in [4.69, 9.17) is 0 Å². The van der Waals surface area contributed by atoms with Crippen LogP contribution in [0.3, 0.4) is 0 Å². The van der Waals surface area contributed by atoms with Gasteiger partial charge in [-0.15, -0.1) is 11.3 Å². The van der Waals surface area contributed by atoms with Gasteiger partial charge in [0.15, 0.2) is 0 Å². The smallest absolute Gasteiger partial charge is 0.0346 e. The van der Waals surface area contributed by atoms with Gasteiger partial charge in [-0.05, 0) is 48.8 Å². The maximum Gasteiger partial charge on any atom is 0.0346 e. The molecule has 2 aromatic rings. The Kier molecular flexibility index (Phi) is 4.77. The molecular formula is C19H25NS. The highest BCUT2D eigenvalue weighted by atomic mass is 32.1. The summed E-state index contributed by atoms with van der Waals surface area (Å²) in [6.07, 6.45) is 4.07. The molecule has 1 aromatic carbocycles. The molecule has 112 valence electrons. The van der Waals surface area contributed by atoms with Crippen LogP contribution in [-0.2, 0) is 6.54 Å². The Balaban J connectivity index is 1.58. The van der Waals surface area contributed by atoms with Gasteiger partial charge in [0.05, 0.1) is 0 Å². The summed E-state index contributed by atoms with van der Waals surface area (Å²) >= 11 is 1.91. The molecule has 1 saturated carbocycles. The minimum Gasteiger partial charge on any atom is -0.309 e. The van der Waals surface area contributed by atoms with Crippen LogP contribution in [0, 0.1) is 11.8 Å². The van der Waals surface area contributed by atoms with Crippen LogP contribution < -0.4 is 5.32 Å². The van der Waals surface area contributed by atoms with Crippen molar-refractivity contribution in [2.75, 3.05) is 0 Å². The Morgan fingerprint density at radius 1 is 0.952 bits per heavy atom. The zero-order valence-electron chi connectivity index (χ0n) is 13.0. The third-order valence-corrected chi connectivity index (χ3v) is 5.60. The topological polar surface area (TPSA) is 12.0 Å². The average molecular weight is 299 g/mol. The summed E-state index contributed by atoms with van der Waals surface area (Å²) in [5.41, 5.74) is 1.33. The molecule has 21 heavy (non-hydrogen) atoms. The van der Waals surface area contributed by atoms with Crippen LogP contribution in [0.25, 0.3) is 10.4 Å². The van der Waals surface area contributed by atoms with Gasteiger partial charge in [0.2, 0.25) is 0 Å². The lowest BCUT2D eigenvalue weighted by molar-refractivity contribution is 0.238. The van der Waals surface area contributed by atoms with Crippen molar-refractivity contribution < 1.29 is 0 Å². The molecule has 0 spiro atoms. The second-order valence-electron chi connectivity index (χ2n) is 6.63. The quantitative estimate of drug-likeness (QED) is 0.804. The highest BCUT2D eigenvalue weighted by Crippen LogP contribution is 2.30. The summed E-state index contributed by atoms with van der Waals surface area (Å²) in [7, 11) is 0. The van der Waals surface area contributed by atoms with E-state index in [-0.39, 0.29) is 0 Å². The highest BCUT2D eigenvalue weighted by molar-refractivity contribution is 7.15. The lowest BCUT2D eigenvalue weighted by atomic mass is 9.80. The zero-order chi connectivity index (χ0) is 14.7. The summed E-state index contributed by atoms with van der Waals surface area (Å²) in [5, 5.41) is 3.77. The standard InChI is InChI=1S/C19H25NS/c1-14-10-15(2)12-17(11-14)20-13-18-8-9-19(21-18)16-6-4-3-5-7-16/h3-9,14-15,17,20H,10-13H2,1-2H3. The van der Waals surface area contributed by atoms with Crippen molar-refractivity contribution in [2.24, 2.45) is 11.8 Å². The van der Waals surface area contributed by atoms with E-state index < -0.39 is 0 Å². The summed E-state index contributed by atoms with van der Waals surface area (Å²) < 4.78 is 0. The molecule has 0 bridgehead atoms. The number of benzene rings is 1. The van der Waals surface area contributed by atoms with Gasteiger partial charge in [-0.1, -0.05) is 44.2 Å². The van der Waals surface area contributed by atoms with Crippen molar-refractivity contribution in [2.45, 2.75) is 45.7 Å². The average Bonchev–Trinajstić information content (AvgIpc) is 2.94. The monoisotopic (exact) mass is 299 g/mol. The van der Waals surface area contributed by atoms with Crippen LogP contribution in [0.4, 0.5) is 0 Å². The van der Waals surface area contributed by atoms with Crippen molar-refractivity contribution in [3.8, 4) is 10.4 Å². The van der Waals surface area contributed by atoms with E-state index in [1.54, 1.807) is 0 Å². The third kappa shape index (κ3) is 3.96. The first-order valence-corrected chi connectivity index (χ1v) is 8.90. The lowest BCUT2D eigenvalue weighted by Crippen LogP contribution is -2.35. The normalized spacial score (nSPS) is 25.9. The molecule has 2 atom stereocenters. The summed E-state index contributed by atoms with van der Waals surface area (Å²) in [6, 6.07) is 15.9. The van der Waals surface area contributed by atoms with Gasteiger partial charge >= 0.3 is 0 Å². The first-order chi connectivity index (χ1) is 10.2. The fraction of sp³-hybridized carbons (Fsp3) is 0.474. The molecule has 1 aromatic heterocycles. The molecule has 1 aliphatic carbocycles. The van der Waals surface area contributed by atoms with Crippen LogP contribution in [0.1, 0.15) is 38.0 Å². The Morgan fingerprint density at radius 3 is 2.38 bits per heavy atom. The van der Waals surface area contributed by atoms with Gasteiger partial charge in [-0.25, -0.2) is 0 Å². The molecule has 0 aliphatic heterocycles. The molecule has 0 radical (unpaired) electrons. The van der Waals surface area contributed by atoms with E-state index in [9.17, 15) is 0 Å². The fourth-order valence-electron chi connectivity index (χ4n) is 3.59. The van der Waals surface area contributed by atoms with Gasteiger partial charge in [0.1, 0.15) is 0 Å². The van der Waals surface area contributed by atoms with Crippen LogP contribution >= 0.6 is 11.3 Å². The van der Waals surface area contributed by atoms with E-state index in [1.165, 1.54) is 34.6 Å². The van der Waals surface area contributed by atoms with Gasteiger partial charge in [-0.2, -0.15) is 0 Å². The van der Waals surface area contributed by atoms with E-state index in [0.29, 0.717) is 6.04 Å². The van der Waals surface area contributed by atoms with Crippen molar-refractivity contribution in [3.05, 3.63) is 47.3 Å². The number of rotatable bonds is 4. The zero-order valence-corrected chi connectivity index (χ0v) is 13.8. The van der Waals surface area contributed by atoms with Crippen molar-refractivity contribution in [1.29, 1.82) is 0 Å². The van der Waals surface area contributed by atoms with Gasteiger partial charge in [0.25, 0.3) is 0 Å². The Labute approximate surface area is 132 Å². The number of hydrogen-bond acceptors (Lipinski definition) is 2. The molecule has 1 fully saturated rings. The Morgan fingerprint density at radius 2 is 1.67 bits per heavy atom. The fourth-order valence-corrected chi connectivity index (χ4v) is 4.55. The van der Waals surface area contributed by atoms with Crippen LogP contribution in [0.5, 0.6) is 0 Å². The molecule has 3 rings (SSSR count).